The average molecular weight is 529 g/mol. The summed E-state index contributed by atoms with van der Waals surface area (Å²) in [6, 6.07) is 14.8. The summed E-state index contributed by atoms with van der Waals surface area (Å²) in [4.78, 5) is 19.2. The number of rotatable bonds is 6. The van der Waals surface area contributed by atoms with E-state index in [-0.39, 0.29) is 11.0 Å². The van der Waals surface area contributed by atoms with Gasteiger partial charge in [-0.1, -0.05) is 44.2 Å². The fourth-order valence-electron chi connectivity index (χ4n) is 5.55. The molecule has 2 aromatic carbocycles. The first-order chi connectivity index (χ1) is 18.5. The topological polar surface area (TPSA) is 89.8 Å². The maximum Gasteiger partial charge on any atom is 0.338 e. The molecule has 0 fully saturated rings. The van der Waals surface area contributed by atoms with Gasteiger partial charge in [-0.15, -0.1) is 11.6 Å². The molecule has 2 aliphatic heterocycles. The molecule has 1 atom stereocenters. The number of aromatic amines is 1. The van der Waals surface area contributed by atoms with Gasteiger partial charge in [-0.2, -0.15) is 5.10 Å². The highest BCUT2D eigenvalue weighted by Crippen LogP contribution is 2.42. The molecule has 0 saturated heterocycles. The molecule has 0 bridgehead atoms. The van der Waals surface area contributed by atoms with Crippen molar-refractivity contribution >= 4 is 34.7 Å². The van der Waals surface area contributed by atoms with Gasteiger partial charge in [0.1, 0.15) is 6.67 Å². The summed E-state index contributed by atoms with van der Waals surface area (Å²) in [7, 11) is 0. The summed E-state index contributed by atoms with van der Waals surface area (Å²) in [5.41, 5.74) is 8.76. The van der Waals surface area contributed by atoms with Crippen molar-refractivity contribution in [2.24, 2.45) is 4.99 Å². The fraction of sp³-hybridized carbons (Fsp3) is 0.276. The van der Waals surface area contributed by atoms with Crippen LogP contribution in [-0.4, -0.2) is 55.3 Å². The number of nitrogens with zero attached hydrogens (tertiary/aromatic N) is 5. The molecule has 0 radical (unpaired) electrons. The van der Waals surface area contributed by atoms with Crippen LogP contribution in [0.3, 0.4) is 0 Å². The molecule has 9 heteroatoms. The number of aryl methyl sites for hydroxylation is 2. The van der Waals surface area contributed by atoms with E-state index in [9.17, 15) is 9.90 Å². The van der Waals surface area contributed by atoms with Crippen molar-refractivity contribution in [1.82, 2.24) is 24.8 Å². The summed E-state index contributed by atoms with van der Waals surface area (Å²) in [5.74, 6) is -1.01. The van der Waals surface area contributed by atoms with Crippen LogP contribution < -0.4 is 0 Å². The van der Waals surface area contributed by atoms with Crippen LogP contribution in [0.1, 0.15) is 41.6 Å². The molecule has 1 unspecified atom stereocenters. The van der Waals surface area contributed by atoms with Crippen molar-refractivity contribution in [3.05, 3.63) is 82.8 Å². The Morgan fingerprint density at radius 2 is 1.89 bits per heavy atom. The molecule has 2 N–H and O–H groups in total. The summed E-state index contributed by atoms with van der Waals surface area (Å²) < 4.78 is 2.11. The Labute approximate surface area is 225 Å². The lowest BCUT2D eigenvalue weighted by Gasteiger charge is -2.38. The van der Waals surface area contributed by atoms with Gasteiger partial charge in [-0.3, -0.25) is 10.0 Å². The maximum absolute atomic E-state index is 11.6. The van der Waals surface area contributed by atoms with Gasteiger partial charge in [0.25, 0.3) is 0 Å². The molecule has 6 rings (SSSR count). The number of H-pyrrole nitrogens is 1. The quantitative estimate of drug-likeness (QED) is 0.324. The Hall–Kier alpha value is -3.88. The normalized spacial score (nSPS) is 17.6. The second kappa shape index (κ2) is 9.78. The van der Waals surface area contributed by atoms with Crippen molar-refractivity contribution in [2.45, 2.75) is 38.6 Å². The number of para-hydroxylation sites is 1. The first-order valence-corrected chi connectivity index (χ1v) is 13.3. The van der Waals surface area contributed by atoms with Crippen LogP contribution in [0.2, 0.25) is 0 Å². The van der Waals surface area contributed by atoms with E-state index in [0.29, 0.717) is 19.8 Å². The number of benzene rings is 2. The maximum atomic E-state index is 11.6. The van der Waals surface area contributed by atoms with Gasteiger partial charge in [0.15, 0.2) is 0 Å². The zero-order valence-corrected chi connectivity index (χ0v) is 22.1. The Kier molecular flexibility index (Phi) is 6.29. The van der Waals surface area contributed by atoms with E-state index in [1.54, 1.807) is 6.20 Å². The number of carboxylic acid groups (broad SMARTS) is 1. The molecule has 4 aromatic rings. The van der Waals surface area contributed by atoms with Crippen molar-refractivity contribution in [2.75, 3.05) is 13.2 Å². The molecule has 0 amide bonds. The number of halogens is 1. The predicted molar refractivity (Wildman–Crippen MR) is 150 cm³/mol. The summed E-state index contributed by atoms with van der Waals surface area (Å²) >= 11 is 7.04. The first-order valence-electron chi connectivity index (χ1n) is 12.9. The molecule has 8 nitrogen and oxygen atoms in total. The van der Waals surface area contributed by atoms with E-state index in [4.69, 9.17) is 16.7 Å². The van der Waals surface area contributed by atoms with Crippen LogP contribution >= 0.6 is 11.6 Å². The molecule has 0 saturated carbocycles. The first kappa shape index (κ1) is 24.5. The second-order valence-corrected chi connectivity index (χ2v) is 10.1. The lowest BCUT2D eigenvalue weighted by atomic mass is 9.97. The molecule has 0 spiro atoms. The van der Waals surface area contributed by atoms with Gasteiger partial charge in [0, 0.05) is 53.7 Å². The number of hydrogen-bond donors (Lipinski definition) is 2. The van der Waals surface area contributed by atoms with Crippen LogP contribution in [0.15, 0.2) is 65.4 Å². The molecule has 2 aliphatic rings. The van der Waals surface area contributed by atoms with E-state index in [0.717, 1.165) is 51.9 Å². The Morgan fingerprint density at radius 3 is 2.63 bits per heavy atom. The van der Waals surface area contributed by atoms with Gasteiger partial charge in [0.05, 0.1) is 28.0 Å². The number of nitrogens with one attached hydrogen (secondary N) is 1. The van der Waals surface area contributed by atoms with Crippen LogP contribution in [0, 0.1) is 0 Å². The number of aliphatic carboxylic acids is 1. The standard InChI is InChI=1S/C29H29ClN6O2/c1-3-18-7-5-8-19(4-2)27(18)36-28(22-9-6-10-25-21(22)11-12-32-25)23-15-34(16-24(30)26(23)33-36)35-14-20(29(37)38)13-31-17-35/h5-14,24,32H,3-4,15-17H2,1-2H3,(H,37,38). The molecule has 38 heavy (non-hydrogen) atoms. The predicted octanol–water partition coefficient (Wildman–Crippen LogP) is 5.47. The van der Waals surface area contributed by atoms with E-state index in [2.05, 4.69) is 76.0 Å². The number of aliphatic imine (C=N–C) groups is 1. The minimum absolute atomic E-state index is 0.144. The second-order valence-electron chi connectivity index (χ2n) is 9.60. The van der Waals surface area contributed by atoms with Gasteiger partial charge in [0.2, 0.25) is 0 Å². The molecular formula is C29H29ClN6O2. The summed E-state index contributed by atoms with van der Waals surface area (Å²) in [5, 5.41) is 19.4. The minimum atomic E-state index is -1.01. The van der Waals surface area contributed by atoms with Crippen LogP contribution in [0.4, 0.5) is 0 Å². The third-order valence-electron chi connectivity index (χ3n) is 7.41. The van der Waals surface area contributed by atoms with E-state index in [1.807, 2.05) is 11.2 Å². The molecule has 2 aromatic heterocycles. The monoisotopic (exact) mass is 528 g/mol. The van der Waals surface area contributed by atoms with Crippen LogP contribution in [0.25, 0.3) is 27.8 Å². The van der Waals surface area contributed by atoms with E-state index >= 15 is 0 Å². The van der Waals surface area contributed by atoms with Gasteiger partial charge >= 0.3 is 5.97 Å². The SMILES string of the molecule is CCc1cccc(CC)c1-n1nc2c(c1-c1cccc3[nH]ccc13)CN(N1C=C(C(=O)O)C=NC1)CC2Cl. The number of hydrogen-bond acceptors (Lipinski definition) is 5. The summed E-state index contributed by atoms with van der Waals surface area (Å²) in [6.07, 6.45) is 6.75. The highest BCUT2D eigenvalue weighted by atomic mass is 35.5. The van der Waals surface area contributed by atoms with Crippen molar-refractivity contribution in [1.29, 1.82) is 0 Å². The minimum Gasteiger partial charge on any atom is -0.478 e. The lowest BCUT2D eigenvalue weighted by molar-refractivity contribution is -0.132. The molecule has 194 valence electrons. The largest absolute Gasteiger partial charge is 0.478 e. The third kappa shape index (κ3) is 4.01. The highest BCUT2D eigenvalue weighted by Gasteiger charge is 2.35. The van der Waals surface area contributed by atoms with Crippen LogP contribution in [0.5, 0.6) is 0 Å². The van der Waals surface area contributed by atoms with Gasteiger partial charge in [-0.05, 0) is 36.1 Å². The number of alkyl halides is 1. The zero-order valence-electron chi connectivity index (χ0n) is 21.4. The zero-order chi connectivity index (χ0) is 26.4. The van der Waals surface area contributed by atoms with Crippen molar-refractivity contribution < 1.29 is 9.90 Å². The van der Waals surface area contributed by atoms with Gasteiger partial charge < -0.3 is 10.1 Å². The lowest BCUT2D eigenvalue weighted by Crippen LogP contribution is -2.44. The molecule has 4 heterocycles. The van der Waals surface area contributed by atoms with Crippen molar-refractivity contribution in [3.63, 3.8) is 0 Å². The Balaban J connectivity index is 1.58. The van der Waals surface area contributed by atoms with E-state index < -0.39 is 5.97 Å². The number of hydrazine groups is 1. The third-order valence-corrected chi connectivity index (χ3v) is 7.75. The van der Waals surface area contributed by atoms with Crippen LogP contribution in [-0.2, 0) is 24.2 Å². The number of carboxylic acids is 1. The molecular weight excluding hydrogens is 500 g/mol. The molecule has 0 aliphatic carbocycles. The smallest absolute Gasteiger partial charge is 0.338 e. The Morgan fingerprint density at radius 1 is 1.13 bits per heavy atom. The Bertz CT molecular complexity index is 1580. The number of aromatic nitrogens is 3. The fourth-order valence-corrected chi connectivity index (χ4v) is 5.88. The van der Waals surface area contributed by atoms with E-state index in [1.165, 1.54) is 17.3 Å². The van der Waals surface area contributed by atoms with Crippen molar-refractivity contribution in [3.8, 4) is 16.9 Å². The number of carbonyl (C=O) groups is 1. The van der Waals surface area contributed by atoms with Gasteiger partial charge in [-0.25, -0.2) is 14.5 Å². The highest BCUT2D eigenvalue weighted by molar-refractivity contribution is 6.21. The average Bonchev–Trinajstić information content (AvgIpc) is 3.57. The summed E-state index contributed by atoms with van der Waals surface area (Å²) in [6.45, 7) is 5.70. The number of fused-ring (bicyclic) bond motifs is 2.